The number of carbonyl (C=O) groups excluding carboxylic acids is 2. The second-order valence-electron chi connectivity index (χ2n) is 10.8. The number of halogens is 2. The van der Waals surface area contributed by atoms with E-state index in [0.29, 0.717) is 74.6 Å². The van der Waals surface area contributed by atoms with Gasteiger partial charge in [-0.25, -0.2) is 19.2 Å². The maximum absolute atomic E-state index is 13.0. The molecule has 0 radical (unpaired) electrons. The number of hydrogen-bond acceptors (Lipinski definition) is 7. The number of benzene rings is 2. The van der Waals surface area contributed by atoms with Gasteiger partial charge in [-0.05, 0) is 54.7 Å². The minimum Gasteiger partial charge on any atom is -0.493 e. The molecule has 1 aromatic heterocycles. The van der Waals surface area contributed by atoms with E-state index in [4.69, 9.17) is 16.2 Å². The minimum atomic E-state index is -0.603. The van der Waals surface area contributed by atoms with E-state index in [1.807, 2.05) is 29.2 Å². The lowest BCUT2D eigenvalue weighted by molar-refractivity contribution is 0.0998. The molecule has 0 bridgehead atoms. The fourth-order valence-corrected chi connectivity index (χ4v) is 5.68. The van der Waals surface area contributed by atoms with Gasteiger partial charge in [-0.15, -0.1) is 0 Å². The standard InChI is InChI=1S/C30H35FIN9O3/c31-21-5-1-20(2-6-21)10-16-44-22-7-3-19(4-8-22)9-13-35-29(43)41-14-11-30(12-15-41)18-36-28(40-30)39-27(42)24-26(34)38-25(33)23(17-32)37-24/h1-8H,9-18H2,(H,35,43)(H4,33,34,38)(H2,36,39,40,42). The highest BCUT2D eigenvalue weighted by Gasteiger charge is 2.40. The zero-order chi connectivity index (χ0) is 31.1. The fraction of sp³-hybridized carbons (Fsp3) is 0.367. The van der Waals surface area contributed by atoms with Crippen LogP contribution in [0, 0.1) is 5.82 Å². The van der Waals surface area contributed by atoms with E-state index >= 15 is 0 Å². The number of nitrogens with one attached hydrogen (secondary N) is 3. The molecule has 3 aromatic rings. The highest BCUT2D eigenvalue weighted by molar-refractivity contribution is 14.1. The first kappa shape index (κ1) is 31.2. The average molecular weight is 716 g/mol. The predicted octanol–water partition coefficient (Wildman–Crippen LogP) is 2.81. The molecule has 0 aliphatic carbocycles. The first-order valence-electron chi connectivity index (χ1n) is 14.4. The van der Waals surface area contributed by atoms with Crippen LogP contribution in [-0.2, 0) is 17.3 Å². The van der Waals surface area contributed by atoms with Crippen molar-refractivity contribution in [1.29, 1.82) is 0 Å². The highest BCUT2D eigenvalue weighted by atomic mass is 127. The number of aromatic nitrogens is 2. The molecule has 1 spiro atoms. The highest BCUT2D eigenvalue weighted by Crippen LogP contribution is 2.25. The van der Waals surface area contributed by atoms with Gasteiger partial charge in [0.1, 0.15) is 17.4 Å². The summed E-state index contributed by atoms with van der Waals surface area (Å²) in [5, 5.41) is 9.51. The van der Waals surface area contributed by atoms with Gasteiger partial charge in [0.05, 0.1) is 17.8 Å². The molecule has 2 aliphatic rings. The lowest BCUT2D eigenvalue weighted by Crippen LogP contribution is -2.55. The van der Waals surface area contributed by atoms with Crippen molar-refractivity contribution in [2.75, 3.05) is 44.3 Å². The van der Waals surface area contributed by atoms with Crippen LogP contribution in [0.3, 0.4) is 0 Å². The van der Waals surface area contributed by atoms with Crippen molar-refractivity contribution < 1.29 is 18.7 Å². The Kier molecular flexibility index (Phi) is 9.97. The number of likely N-dealkylation sites (tertiary alicyclic amines) is 1. The van der Waals surface area contributed by atoms with Crippen LogP contribution in [0.5, 0.6) is 5.75 Å². The molecule has 2 saturated heterocycles. The Morgan fingerprint density at radius 3 is 2.41 bits per heavy atom. The molecule has 3 amide bonds. The number of nitrogen functional groups attached to an aromatic ring is 2. The number of piperidine rings is 1. The zero-order valence-corrected chi connectivity index (χ0v) is 26.3. The Labute approximate surface area is 268 Å². The molecule has 14 heteroatoms. The summed E-state index contributed by atoms with van der Waals surface area (Å²) in [6, 6.07) is 14.1. The van der Waals surface area contributed by atoms with E-state index in [1.165, 1.54) is 12.1 Å². The number of anilines is 2. The molecule has 2 aromatic carbocycles. The fourth-order valence-electron chi connectivity index (χ4n) is 5.12. The number of ether oxygens (including phenoxy) is 1. The number of carbonyl (C=O) groups is 2. The van der Waals surface area contributed by atoms with Gasteiger partial charge >= 0.3 is 11.9 Å². The van der Waals surface area contributed by atoms with Gasteiger partial charge in [0.25, 0.3) is 0 Å². The molecule has 7 N–H and O–H groups in total. The molecule has 5 rings (SSSR count). The van der Waals surface area contributed by atoms with Crippen LogP contribution in [0.15, 0.2) is 53.5 Å². The van der Waals surface area contributed by atoms with Gasteiger partial charge in [0, 0.05) is 37.0 Å². The van der Waals surface area contributed by atoms with Crippen molar-refractivity contribution >= 4 is 52.1 Å². The Morgan fingerprint density at radius 1 is 1.02 bits per heavy atom. The van der Waals surface area contributed by atoms with Gasteiger partial charge in [0.2, 0.25) is 0 Å². The summed E-state index contributed by atoms with van der Waals surface area (Å²) in [5.41, 5.74) is 13.9. The van der Waals surface area contributed by atoms with Crippen LogP contribution in [-0.4, -0.2) is 71.1 Å². The molecule has 232 valence electrons. The molecule has 12 nitrogen and oxygen atoms in total. The van der Waals surface area contributed by atoms with Crippen molar-refractivity contribution in [3.63, 3.8) is 0 Å². The number of rotatable bonds is 9. The van der Waals surface area contributed by atoms with E-state index < -0.39 is 5.91 Å². The zero-order valence-electron chi connectivity index (χ0n) is 24.1. The maximum Gasteiger partial charge on any atom is 0.317 e. The lowest BCUT2D eigenvalue weighted by atomic mass is 9.89. The second kappa shape index (κ2) is 14.1. The minimum absolute atomic E-state index is 0.0304. The van der Waals surface area contributed by atoms with Crippen LogP contribution in [0.2, 0.25) is 0 Å². The number of nitrogens with zero attached hydrogens (tertiary/aromatic N) is 4. The number of hydrogen-bond donors (Lipinski definition) is 5. The van der Waals surface area contributed by atoms with E-state index in [0.717, 1.165) is 16.9 Å². The molecule has 2 fully saturated rings. The third-order valence-corrected chi connectivity index (χ3v) is 8.46. The molecule has 0 unspecified atom stereocenters. The van der Waals surface area contributed by atoms with Crippen molar-refractivity contribution in [2.24, 2.45) is 4.99 Å². The van der Waals surface area contributed by atoms with Gasteiger partial charge < -0.3 is 37.1 Å². The molecular formula is C30H35FIN9O3. The number of amides is 3. The molecular weight excluding hydrogens is 680 g/mol. The quantitative estimate of drug-likeness (QED) is 0.165. The third kappa shape index (κ3) is 7.84. The van der Waals surface area contributed by atoms with Crippen LogP contribution in [0.25, 0.3) is 0 Å². The Morgan fingerprint density at radius 2 is 1.70 bits per heavy atom. The van der Waals surface area contributed by atoms with Crippen molar-refractivity contribution in [3.8, 4) is 5.75 Å². The number of aliphatic imine (C=N–C) groups is 1. The van der Waals surface area contributed by atoms with E-state index in [9.17, 15) is 14.0 Å². The largest absolute Gasteiger partial charge is 0.493 e. The first-order chi connectivity index (χ1) is 21.2. The van der Waals surface area contributed by atoms with E-state index in [1.54, 1.807) is 12.1 Å². The average Bonchev–Trinajstić information content (AvgIpc) is 3.40. The summed E-state index contributed by atoms with van der Waals surface area (Å²) in [5.74, 6) is 0.413. The maximum atomic E-state index is 13.0. The van der Waals surface area contributed by atoms with Gasteiger partial charge in [-0.2, -0.15) is 4.99 Å². The van der Waals surface area contributed by atoms with Crippen molar-refractivity contribution in [2.45, 2.75) is 35.6 Å². The lowest BCUT2D eigenvalue weighted by Gasteiger charge is -2.38. The summed E-state index contributed by atoms with van der Waals surface area (Å²) < 4.78 is 19.3. The van der Waals surface area contributed by atoms with Crippen LogP contribution < -0.4 is 32.2 Å². The van der Waals surface area contributed by atoms with Gasteiger partial charge in [-0.1, -0.05) is 46.9 Å². The molecule has 2 aliphatic heterocycles. The Hall–Kier alpha value is -4.21. The van der Waals surface area contributed by atoms with Gasteiger partial charge in [0.15, 0.2) is 17.5 Å². The summed E-state index contributed by atoms with van der Waals surface area (Å²) in [4.78, 5) is 39.8. The van der Waals surface area contributed by atoms with Gasteiger partial charge in [-0.3, -0.25) is 4.79 Å². The predicted molar refractivity (Wildman–Crippen MR) is 174 cm³/mol. The summed E-state index contributed by atoms with van der Waals surface area (Å²) in [6.07, 6.45) is 2.79. The number of nitrogens with two attached hydrogens (primary N) is 2. The Balaban J connectivity index is 1.02. The topological polar surface area (TPSA) is 173 Å². The summed E-state index contributed by atoms with van der Waals surface area (Å²) in [7, 11) is 0. The van der Waals surface area contributed by atoms with Crippen LogP contribution >= 0.6 is 22.6 Å². The Bertz CT molecular complexity index is 1510. The molecule has 0 atom stereocenters. The molecule has 44 heavy (non-hydrogen) atoms. The van der Waals surface area contributed by atoms with E-state index in [2.05, 4.69) is 53.5 Å². The van der Waals surface area contributed by atoms with Crippen LogP contribution in [0.1, 0.15) is 40.2 Å². The monoisotopic (exact) mass is 715 g/mol. The first-order valence-corrected chi connectivity index (χ1v) is 15.9. The summed E-state index contributed by atoms with van der Waals surface area (Å²) >= 11 is 2.09. The smallest absolute Gasteiger partial charge is 0.317 e. The molecule has 0 saturated carbocycles. The number of alkyl halides is 1. The van der Waals surface area contributed by atoms with Crippen molar-refractivity contribution in [1.82, 2.24) is 30.8 Å². The number of guanidine groups is 1. The molecule has 3 heterocycles. The van der Waals surface area contributed by atoms with E-state index in [-0.39, 0.29) is 34.7 Å². The second-order valence-corrected chi connectivity index (χ2v) is 11.5. The summed E-state index contributed by atoms with van der Waals surface area (Å²) in [6.45, 7) is 2.74. The number of urea groups is 1. The normalized spacial score (nSPS) is 16.4. The van der Waals surface area contributed by atoms with Crippen molar-refractivity contribution in [3.05, 3.63) is 76.9 Å². The SMILES string of the molecule is Nc1nc(N)c(C(=O)/N=C2\NCC3(CCN(C(=O)NCCc4ccc(OCCc5ccc(F)cc5)cc4)CC3)N2)nc1CI. The third-order valence-electron chi connectivity index (χ3n) is 7.74. The van der Waals surface area contributed by atoms with Crippen LogP contribution in [0.4, 0.5) is 20.8 Å².